The van der Waals surface area contributed by atoms with Crippen molar-refractivity contribution in [2.24, 2.45) is 0 Å². The Morgan fingerprint density at radius 2 is 1.58 bits per heavy atom. The average Bonchev–Trinajstić information content (AvgIpc) is 3.07. The fourth-order valence-electron chi connectivity index (χ4n) is 2.85. The van der Waals surface area contributed by atoms with Gasteiger partial charge in [0.15, 0.2) is 23.0 Å². The monoisotopic (exact) mass is 367 g/mol. The summed E-state index contributed by atoms with van der Waals surface area (Å²) in [6.07, 6.45) is 1.51. The van der Waals surface area contributed by atoms with Gasteiger partial charge in [0, 0.05) is 44.8 Å². The van der Waals surface area contributed by atoms with Crippen LogP contribution >= 0.6 is 0 Å². The molecule has 1 fully saturated rings. The van der Waals surface area contributed by atoms with E-state index in [-0.39, 0.29) is 5.65 Å². The van der Waals surface area contributed by atoms with Crippen molar-refractivity contribution in [3.05, 3.63) is 42.5 Å². The molecule has 26 heavy (non-hydrogen) atoms. The fraction of sp³-hybridized carbons (Fsp3) is 0.333. The van der Waals surface area contributed by atoms with Crippen LogP contribution in [-0.2, 0) is 6.18 Å². The number of hydrogen-bond donors (Lipinski definition) is 0. The number of anilines is 2. The first kappa shape index (κ1) is 16.5. The van der Waals surface area contributed by atoms with Crippen molar-refractivity contribution in [1.82, 2.24) is 24.3 Å². The predicted octanol–water partition coefficient (Wildman–Crippen LogP) is 2.00. The average molecular weight is 367 g/mol. The first-order valence-corrected chi connectivity index (χ1v) is 7.80. The van der Waals surface area contributed by atoms with Crippen molar-refractivity contribution < 1.29 is 17.6 Å². The summed E-state index contributed by atoms with van der Waals surface area (Å²) >= 11 is 0. The van der Waals surface area contributed by atoms with E-state index in [4.69, 9.17) is 0 Å². The van der Waals surface area contributed by atoms with Gasteiger partial charge in [-0.2, -0.15) is 13.2 Å². The molecule has 0 aromatic carbocycles. The molecule has 0 aliphatic carbocycles. The van der Waals surface area contributed by atoms with E-state index in [9.17, 15) is 17.6 Å². The molecule has 0 atom stereocenters. The SMILES string of the molecule is Fc1cnc(N2CCN(c3nccn4cc(C(F)(F)F)nc34)CC2)nc1. The highest BCUT2D eigenvalue weighted by molar-refractivity contribution is 5.65. The fourth-order valence-corrected chi connectivity index (χ4v) is 2.85. The van der Waals surface area contributed by atoms with Crippen LogP contribution in [0.25, 0.3) is 5.65 Å². The lowest BCUT2D eigenvalue weighted by atomic mass is 10.3. The molecule has 11 heteroatoms. The van der Waals surface area contributed by atoms with Gasteiger partial charge in [0.2, 0.25) is 5.95 Å². The number of aromatic nitrogens is 5. The van der Waals surface area contributed by atoms with Crippen LogP contribution in [-0.4, -0.2) is 50.5 Å². The zero-order valence-electron chi connectivity index (χ0n) is 13.4. The zero-order valence-corrected chi connectivity index (χ0v) is 13.4. The summed E-state index contributed by atoms with van der Waals surface area (Å²) in [4.78, 5) is 19.5. The molecule has 1 aliphatic heterocycles. The van der Waals surface area contributed by atoms with Crippen LogP contribution in [0.2, 0.25) is 0 Å². The van der Waals surface area contributed by atoms with Gasteiger partial charge < -0.3 is 14.2 Å². The van der Waals surface area contributed by atoms with Gasteiger partial charge in [-0.15, -0.1) is 0 Å². The van der Waals surface area contributed by atoms with Crippen LogP contribution in [0.4, 0.5) is 29.3 Å². The van der Waals surface area contributed by atoms with Crippen LogP contribution in [0.3, 0.4) is 0 Å². The zero-order chi connectivity index (χ0) is 18.3. The molecule has 0 saturated carbocycles. The number of fused-ring (bicyclic) bond motifs is 1. The molecule has 0 N–H and O–H groups in total. The van der Waals surface area contributed by atoms with Crippen molar-refractivity contribution in [3.8, 4) is 0 Å². The molecule has 0 radical (unpaired) electrons. The third kappa shape index (κ3) is 3.00. The van der Waals surface area contributed by atoms with Gasteiger partial charge in [0.25, 0.3) is 0 Å². The highest BCUT2D eigenvalue weighted by Crippen LogP contribution is 2.30. The third-order valence-corrected chi connectivity index (χ3v) is 4.12. The smallest absolute Gasteiger partial charge is 0.350 e. The van der Waals surface area contributed by atoms with E-state index in [2.05, 4.69) is 19.9 Å². The number of hydrogen-bond acceptors (Lipinski definition) is 6. The minimum absolute atomic E-state index is 0.159. The first-order valence-electron chi connectivity index (χ1n) is 7.80. The molecule has 3 aromatic rings. The maximum atomic E-state index is 12.9. The summed E-state index contributed by atoms with van der Waals surface area (Å²) < 4.78 is 53.0. The van der Waals surface area contributed by atoms with Crippen LogP contribution < -0.4 is 9.80 Å². The minimum atomic E-state index is -4.51. The largest absolute Gasteiger partial charge is 0.434 e. The normalized spacial score (nSPS) is 15.7. The van der Waals surface area contributed by atoms with E-state index in [0.717, 1.165) is 18.6 Å². The van der Waals surface area contributed by atoms with E-state index >= 15 is 0 Å². The maximum absolute atomic E-state index is 12.9. The summed E-state index contributed by atoms with van der Waals surface area (Å²) in [6, 6.07) is 0. The second kappa shape index (κ2) is 6.07. The summed E-state index contributed by atoms with van der Waals surface area (Å²) in [5.74, 6) is 0.295. The van der Waals surface area contributed by atoms with Gasteiger partial charge in [-0.25, -0.2) is 24.3 Å². The molecule has 136 valence electrons. The van der Waals surface area contributed by atoms with E-state index in [0.29, 0.717) is 37.9 Å². The Hall–Kier alpha value is -2.98. The molecule has 0 bridgehead atoms. The Bertz CT molecular complexity index is 914. The maximum Gasteiger partial charge on any atom is 0.434 e. The van der Waals surface area contributed by atoms with Gasteiger partial charge in [-0.05, 0) is 0 Å². The van der Waals surface area contributed by atoms with Crippen molar-refractivity contribution in [3.63, 3.8) is 0 Å². The van der Waals surface area contributed by atoms with E-state index < -0.39 is 17.7 Å². The molecule has 7 nitrogen and oxygen atoms in total. The Balaban J connectivity index is 1.56. The number of halogens is 4. The summed E-state index contributed by atoms with van der Waals surface area (Å²) in [5, 5.41) is 0. The molecular formula is C15H13F4N7. The number of rotatable bonds is 2. The molecule has 0 amide bonds. The predicted molar refractivity (Wildman–Crippen MR) is 84.4 cm³/mol. The number of imidazole rings is 1. The lowest BCUT2D eigenvalue weighted by Gasteiger charge is -2.35. The Morgan fingerprint density at radius 1 is 0.923 bits per heavy atom. The van der Waals surface area contributed by atoms with Gasteiger partial charge in [-0.1, -0.05) is 0 Å². The van der Waals surface area contributed by atoms with Crippen molar-refractivity contribution in [2.45, 2.75) is 6.18 Å². The molecule has 4 rings (SSSR count). The van der Waals surface area contributed by atoms with Crippen molar-refractivity contribution in [2.75, 3.05) is 36.0 Å². The molecule has 1 saturated heterocycles. The van der Waals surface area contributed by atoms with Crippen molar-refractivity contribution in [1.29, 1.82) is 0 Å². The lowest BCUT2D eigenvalue weighted by molar-refractivity contribution is -0.140. The lowest BCUT2D eigenvalue weighted by Crippen LogP contribution is -2.47. The third-order valence-electron chi connectivity index (χ3n) is 4.12. The summed E-state index contributed by atoms with van der Waals surface area (Å²) in [5.41, 5.74) is -0.795. The van der Waals surface area contributed by atoms with E-state index in [1.807, 2.05) is 9.80 Å². The second-order valence-corrected chi connectivity index (χ2v) is 5.78. The van der Waals surface area contributed by atoms with Gasteiger partial charge in [-0.3, -0.25) is 0 Å². The topological polar surface area (TPSA) is 62.5 Å². The molecule has 0 spiro atoms. The molecule has 3 aromatic heterocycles. The molecular weight excluding hydrogens is 354 g/mol. The summed E-state index contributed by atoms with van der Waals surface area (Å²) in [6.45, 7) is 2.06. The first-order chi connectivity index (χ1) is 12.4. The quantitative estimate of drug-likeness (QED) is 0.646. The van der Waals surface area contributed by atoms with Crippen molar-refractivity contribution >= 4 is 17.4 Å². The Morgan fingerprint density at radius 3 is 2.23 bits per heavy atom. The van der Waals surface area contributed by atoms with Gasteiger partial charge in [0.1, 0.15) is 0 Å². The van der Waals surface area contributed by atoms with E-state index in [1.54, 1.807) is 0 Å². The number of nitrogens with zero attached hydrogens (tertiary/aromatic N) is 7. The van der Waals surface area contributed by atoms with Gasteiger partial charge in [0.05, 0.1) is 12.4 Å². The number of alkyl halides is 3. The Kier molecular flexibility index (Phi) is 3.85. The van der Waals surface area contributed by atoms with Crippen LogP contribution in [0.1, 0.15) is 5.69 Å². The molecule has 0 unspecified atom stereocenters. The Labute approximate surface area is 144 Å². The standard InChI is InChI=1S/C15H13F4N7/c16-10-7-21-14(22-8-10)25-5-3-24(4-6-25)12-13-23-11(15(17,18)19)9-26(13)2-1-20-12/h1-2,7-9H,3-6H2. The second-order valence-electron chi connectivity index (χ2n) is 5.78. The van der Waals surface area contributed by atoms with Crippen LogP contribution in [0, 0.1) is 5.82 Å². The highest BCUT2D eigenvalue weighted by atomic mass is 19.4. The van der Waals surface area contributed by atoms with Crippen LogP contribution in [0.15, 0.2) is 31.0 Å². The van der Waals surface area contributed by atoms with Crippen LogP contribution in [0.5, 0.6) is 0 Å². The summed E-state index contributed by atoms with van der Waals surface area (Å²) in [7, 11) is 0. The van der Waals surface area contributed by atoms with Gasteiger partial charge >= 0.3 is 6.18 Å². The van der Waals surface area contributed by atoms with E-state index in [1.165, 1.54) is 16.8 Å². The minimum Gasteiger partial charge on any atom is -0.350 e. The molecule has 4 heterocycles. The molecule has 1 aliphatic rings. The highest BCUT2D eigenvalue weighted by Gasteiger charge is 2.34. The number of piperazine rings is 1.